The molecule has 3 aromatic carbocycles. The molecule has 0 N–H and O–H groups in total. The van der Waals surface area contributed by atoms with E-state index in [4.69, 9.17) is 54.9 Å². The maximum absolute atomic E-state index is 14.4. The third kappa shape index (κ3) is 13.4. The fraction of sp³-hybridized carbons (Fsp3) is 0.462. The number of ether oxygens (including phenoxy) is 3. The van der Waals surface area contributed by atoms with Crippen LogP contribution in [0.15, 0.2) is 91.0 Å². The fourth-order valence-corrected chi connectivity index (χ4v) is 9.97. The highest BCUT2D eigenvalue weighted by Crippen LogP contribution is 2.59. The van der Waals surface area contributed by atoms with E-state index in [1.54, 1.807) is 54.6 Å². The molecule has 0 bridgehead atoms. The third-order valence-corrected chi connectivity index (χ3v) is 13.1. The van der Waals surface area contributed by atoms with Gasteiger partial charge in [0.25, 0.3) is 0 Å². The standard InChI is InChI=1S/C39H51O18P3/c1-7-46-58(43,47-8-2)55-34-32(53-38(41)29-24-18-14-19-25-29)31(52-37(40)28-22-16-13-17-23-28)33(54-39(42)30-26-20-15-21-27-30)35(56-59(44,48-9-3)49-10-4)36(34)57-60(45,50-11-5)51-12-6/h13-27,31-36H,7-12H2,1-6H3/t31?,32-,33+,34-,35-,36?/m1/s1. The number of phosphoric ester groups is 3. The quantitative estimate of drug-likeness (QED) is 0.0469. The Morgan fingerprint density at radius 3 is 0.783 bits per heavy atom. The van der Waals surface area contributed by atoms with Gasteiger partial charge in [0.1, 0.15) is 18.3 Å². The average molecular weight is 901 g/mol. The van der Waals surface area contributed by atoms with E-state index in [0.29, 0.717) is 0 Å². The monoisotopic (exact) mass is 900 g/mol. The number of carbonyl (C=O) groups excluding carboxylic acids is 3. The molecule has 21 heteroatoms. The van der Waals surface area contributed by atoms with Gasteiger partial charge in [-0.1, -0.05) is 54.6 Å². The van der Waals surface area contributed by atoms with Crippen molar-refractivity contribution in [2.45, 2.75) is 78.2 Å². The lowest BCUT2D eigenvalue weighted by Crippen LogP contribution is -2.68. The van der Waals surface area contributed by atoms with Crippen LogP contribution in [0.5, 0.6) is 0 Å². The number of hydrogen-bond acceptors (Lipinski definition) is 18. The van der Waals surface area contributed by atoms with Gasteiger partial charge < -0.3 is 14.2 Å². The smallest absolute Gasteiger partial charge is 0.452 e. The number of phosphoric acid groups is 3. The summed E-state index contributed by atoms with van der Waals surface area (Å²) >= 11 is 0. The van der Waals surface area contributed by atoms with E-state index in [2.05, 4.69) is 0 Å². The zero-order valence-corrected chi connectivity index (χ0v) is 36.7. The molecule has 3 aromatic rings. The van der Waals surface area contributed by atoms with E-state index in [9.17, 15) is 28.1 Å². The molecular formula is C39H51O18P3. The van der Waals surface area contributed by atoms with Gasteiger partial charge >= 0.3 is 41.4 Å². The first-order valence-corrected chi connectivity index (χ1v) is 23.7. The molecule has 0 aromatic heterocycles. The van der Waals surface area contributed by atoms with Crippen LogP contribution >= 0.6 is 23.5 Å². The summed E-state index contributed by atoms with van der Waals surface area (Å²) in [7, 11) is -14.3. The van der Waals surface area contributed by atoms with Gasteiger partial charge in [-0.25, -0.2) is 28.1 Å². The summed E-state index contributed by atoms with van der Waals surface area (Å²) in [6.45, 7) is 7.48. The summed E-state index contributed by atoms with van der Waals surface area (Å²) < 4.78 is 113. The number of rotatable bonds is 24. The summed E-state index contributed by atoms with van der Waals surface area (Å²) in [6.07, 6.45) is -12.4. The second-order valence-electron chi connectivity index (χ2n) is 12.3. The lowest BCUT2D eigenvalue weighted by molar-refractivity contribution is -0.215. The van der Waals surface area contributed by atoms with Crippen molar-refractivity contribution in [3.8, 4) is 0 Å². The van der Waals surface area contributed by atoms with E-state index in [1.807, 2.05) is 0 Å². The lowest BCUT2D eigenvalue weighted by Gasteiger charge is -2.48. The summed E-state index contributed by atoms with van der Waals surface area (Å²) in [5.41, 5.74) is -0.0300. The summed E-state index contributed by atoms with van der Waals surface area (Å²) in [5.74, 6) is -3.13. The Kier molecular flexibility index (Phi) is 19.3. The van der Waals surface area contributed by atoms with Crippen molar-refractivity contribution in [3.63, 3.8) is 0 Å². The first kappa shape index (κ1) is 49.1. The van der Waals surface area contributed by atoms with Crippen LogP contribution in [0, 0.1) is 0 Å². The molecule has 0 heterocycles. The molecule has 60 heavy (non-hydrogen) atoms. The van der Waals surface area contributed by atoms with Crippen molar-refractivity contribution in [1.82, 2.24) is 0 Å². The predicted molar refractivity (Wildman–Crippen MR) is 214 cm³/mol. The molecule has 1 fully saturated rings. The van der Waals surface area contributed by atoms with Gasteiger partial charge in [-0.05, 0) is 77.9 Å². The van der Waals surface area contributed by atoms with E-state index >= 15 is 0 Å². The zero-order chi connectivity index (χ0) is 43.8. The molecule has 1 saturated carbocycles. The molecule has 1 aliphatic carbocycles. The number of carbonyl (C=O) groups is 3. The Morgan fingerprint density at radius 1 is 0.367 bits per heavy atom. The minimum atomic E-state index is -4.78. The molecule has 0 radical (unpaired) electrons. The summed E-state index contributed by atoms with van der Waals surface area (Å²) in [4.78, 5) is 42.3. The number of benzene rings is 3. The van der Waals surface area contributed by atoms with Gasteiger partial charge in [0, 0.05) is 0 Å². The second-order valence-corrected chi connectivity index (χ2v) is 17.1. The number of esters is 3. The van der Waals surface area contributed by atoms with Crippen LogP contribution in [0.1, 0.15) is 72.6 Å². The minimum absolute atomic E-state index is 0.00659. The second kappa shape index (κ2) is 23.6. The Bertz CT molecular complexity index is 1830. The highest BCUT2D eigenvalue weighted by atomic mass is 31.2. The normalized spacial score (nSPS) is 20.9. The molecule has 18 nitrogen and oxygen atoms in total. The van der Waals surface area contributed by atoms with Crippen molar-refractivity contribution in [1.29, 1.82) is 0 Å². The van der Waals surface area contributed by atoms with Crippen LogP contribution in [0.4, 0.5) is 0 Å². The van der Waals surface area contributed by atoms with Gasteiger partial charge in [0.2, 0.25) is 0 Å². The SMILES string of the molecule is CCOP(=O)(OCC)OC1[C@H](OP(=O)(OCC)OCC)[C@H](OC(=O)c2ccccc2)C(OC(=O)c2ccccc2)[C@H](OC(=O)c2ccccc2)[C@H]1OP(=O)(OCC)OCC. The molecule has 0 spiro atoms. The maximum atomic E-state index is 14.4. The fourth-order valence-electron chi connectivity index (χ4n) is 5.87. The van der Waals surface area contributed by atoms with Crippen LogP contribution in [0.25, 0.3) is 0 Å². The van der Waals surface area contributed by atoms with Gasteiger partial charge in [-0.2, -0.15) is 0 Å². The average Bonchev–Trinajstić information content (AvgIpc) is 3.23. The lowest BCUT2D eigenvalue weighted by atomic mass is 9.84. The van der Waals surface area contributed by atoms with Gasteiger partial charge in [-0.15, -0.1) is 0 Å². The molecule has 0 saturated heterocycles. The zero-order valence-electron chi connectivity index (χ0n) is 34.1. The minimum Gasteiger partial charge on any atom is -0.452 e. The third-order valence-electron chi connectivity index (χ3n) is 8.18. The van der Waals surface area contributed by atoms with Crippen LogP contribution in [0.3, 0.4) is 0 Å². The largest absolute Gasteiger partial charge is 0.475 e. The van der Waals surface area contributed by atoms with Crippen LogP contribution in [0.2, 0.25) is 0 Å². The van der Waals surface area contributed by atoms with Crippen molar-refractivity contribution >= 4 is 41.4 Å². The van der Waals surface area contributed by atoms with Gasteiger partial charge in [0.15, 0.2) is 18.3 Å². The van der Waals surface area contributed by atoms with Crippen molar-refractivity contribution in [2.24, 2.45) is 0 Å². The Morgan fingerprint density at radius 2 is 0.567 bits per heavy atom. The molecule has 0 aliphatic heterocycles. The highest BCUT2D eigenvalue weighted by molar-refractivity contribution is 7.49. The molecule has 1 aliphatic rings. The predicted octanol–water partition coefficient (Wildman–Crippen LogP) is 8.38. The summed E-state index contributed by atoms with van der Waals surface area (Å²) in [6, 6.07) is 22.8. The van der Waals surface area contributed by atoms with E-state index < -0.39 is 78.0 Å². The molecule has 6 atom stereocenters. The van der Waals surface area contributed by atoms with Gasteiger partial charge in [0.05, 0.1) is 56.3 Å². The molecular weight excluding hydrogens is 849 g/mol. The van der Waals surface area contributed by atoms with E-state index in [1.165, 1.54) is 77.9 Å². The van der Waals surface area contributed by atoms with Crippen LogP contribution in [-0.2, 0) is 68.6 Å². The maximum Gasteiger partial charge on any atom is 0.475 e. The van der Waals surface area contributed by atoms with Crippen molar-refractivity contribution in [3.05, 3.63) is 108 Å². The molecule has 330 valence electrons. The topological polar surface area (TPSA) is 213 Å². The van der Waals surface area contributed by atoms with Crippen molar-refractivity contribution in [2.75, 3.05) is 39.6 Å². The Hall–Kier alpha value is -3.60. The first-order chi connectivity index (χ1) is 28.8. The van der Waals surface area contributed by atoms with Crippen LogP contribution < -0.4 is 0 Å². The summed E-state index contributed by atoms with van der Waals surface area (Å²) in [5, 5.41) is 0. The highest BCUT2D eigenvalue weighted by Gasteiger charge is 2.63. The van der Waals surface area contributed by atoms with E-state index in [0.717, 1.165) is 0 Å². The van der Waals surface area contributed by atoms with E-state index in [-0.39, 0.29) is 56.3 Å². The number of hydrogen-bond donors (Lipinski definition) is 0. The Labute approximate surface area is 349 Å². The Balaban J connectivity index is 2.11. The first-order valence-electron chi connectivity index (χ1n) is 19.3. The van der Waals surface area contributed by atoms with Crippen molar-refractivity contribution < 1.29 is 83.0 Å². The molecule has 0 amide bonds. The van der Waals surface area contributed by atoms with Crippen LogP contribution in [-0.4, -0.2) is 94.2 Å². The molecule has 4 rings (SSSR count). The van der Waals surface area contributed by atoms with Gasteiger partial charge in [-0.3, -0.25) is 40.7 Å². The molecule has 2 unspecified atom stereocenters.